The van der Waals surface area contributed by atoms with E-state index in [1.165, 1.54) is 0 Å². The first-order chi connectivity index (χ1) is 8.68. The zero-order chi connectivity index (χ0) is 13.7. The normalized spacial score (nSPS) is 12.0. The maximum atomic E-state index is 12.5. The summed E-state index contributed by atoms with van der Waals surface area (Å²) in [6.45, 7) is 7.89. The highest BCUT2D eigenvalue weighted by atomic mass is 16.7. The minimum Gasteiger partial charge on any atom is -0.633 e. The summed E-state index contributed by atoms with van der Waals surface area (Å²) in [7, 11) is 1.56. The Morgan fingerprint density at radius 2 is 1.28 bits per heavy atom. The molecule has 0 heterocycles. The highest BCUT2D eigenvalue weighted by molar-refractivity contribution is 4.45. The van der Waals surface area contributed by atoms with E-state index in [1.54, 1.807) is 7.11 Å². The lowest BCUT2D eigenvalue weighted by Gasteiger charge is -2.42. The first-order valence-electron chi connectivity index (χ1n) is 6.47. The summed E-state index contributed by atoms with van der Waals surface area (Å²) in [4.78, 5) is 0. The number of hydrogen-bond acceptors (Lipinski definition) is 5. The van der Waals surface area contributed by atoms with E-state index in [2.05, 4.69) is 0 Å². The molecular weight excluding hydrogens is 238 g/mol. The van der Waals surface area contributed by atoms with Crippen LogP contribution in [0.5, 0.6) is 0 Å². The molecule has 0 saturated carbocycles. The molecule has 0 aromatic heterocycles. The number of hydroxylamine groups is 3. The Bertz CT molecular complexity index is 170. The average molecular weight is 265 g/mol. The predicted octanol–water partition coefficient (Wildman–Crippen LogP) is 0.995. The number of methoxy groups -OCH3 is 1. The van der Waals surface area contributed by atoms with Gasteiger partial charge in [-0.1, -0.05) is 0 Å². The van der Waals surface area contributed by atoms with Crippen LogP contribution in [0.1, 0.15) is 13.8 Å². The third kappa shape index (κ3) is 9.76. The van der Waals surface area contributed by atoms with E-state index >= 15 is 0 Å². The molecule has 0 spiro atoms. The van der Waals surface area contributed by atoms with Crippen LogP contribution in [0.15, 0.2) is 0 Å². The van der Waals surface area contributed by atoms with Crippen molar-refractivity contribution in [3.8, 4) is 0 Å². The van der Waals surface area contributed by atoms with Crippen LogP contribution in [0.25, 0.3) is 0 Å². The summed E-state index contributed by atoms with van der Waals surface area (Å²) >= 11 is 0. The number of ether oxygens (including phenoxy) is 4. The molecule has 0 N–H and O–H groups in total. The quantitative estimate of drug-likeness (QED) is 0.215. The third-order valence-corrected chi connectivity index (χ3v) is 2.54. The van der Waals surface area contributed by atoms with Crippen molar-refractivity contribution in [2.75, 3.05) is 66.6 Å². The Kier molecular flexibility index (Phi) is 11.7. The summed E-state index contributed by atoms with van der Waals surface area (Å²) in [6, 6.07) is 0. The summed E-state index contributed by atoms with van der Waals surface area (Å²) in [5.41, 5.74) is 0. The molecule has 0 radical (unpaired) electrons. The highest BCUT2D eigenvalue weighted by Crippen LogP contribution is 2.04. The molecule has 0 aliphatic rings. The minimum atomic E-state index is -0.344. The third-order valence-electron chi connectivity index (χ3n) is 2.54. The van der Waals surface area contributed by atoms with Gasteiger partial charge in [0, 0.05) is 20.3 Å². The lowest BCUT2D eigenvalue weighted by Crippen LogP contribution is -2.49. The fourth-order valence-corrected chi connectivity index (χ4v) is 1.46. The van der Waals surface area contributed by atoms with Gasteiger partial charge >= 0.3 is 0 Å². The van der Waals surface area contributed by atoms with Crippen LogP contribution >= 0.6 is 0 Å². The number of hydrogen-bond donors (Lipinski definition) is 0. The van der Waals surface area contributed by atoms with Crippen molar-refractivity contribution in [2.24, 2.45) is 0 Å². The maximum Gasteiger partial charge on any atom is 0.146 e. The van der Waals surface area contributed by atoms with Gasteiger partial charge in [-0.2, -0.15) is 0 Å². The molecule has 0 aliphatic heterocycles. The standard InChI is InChI=1S/C12H27NO5/c1-4-16-9-6-13(14,7-10-17-5-2)8-11-18-12-15-3/h4-12H2,1-3H3. The van der Waals surface area contributed by atoms with Crippen LogP contribution in [-0.2, 0) is 18.9 Å². The van der Waals surface area contributed by atoms with Gasteiger partial charge in [0.1, 0.15) is 26.4 Å². The van der Waals surface area contributed by atoms with Crippen molar-refractivity contribution in [1.29, 1.82) is 0 Å². The summed E-state index contributed by atoms with van der Waals surface area (Å²) in [5, 5.41) is 12.5. The molecule has 6 heteroatoms. The second kappa shape index (κ2) is 11.8. The molecule has 0 fully saturated rings. The van der Waals surface area contributed by atoms with E-state index in [1.807, 2.05) is 13.8 Å². The van der Waals surface area contributed by atoms with E-state index in [-0.39, 0.29) is 11.4 Å². The SMILES string of the molecule is CCOCC[N+]([O-])(CCOCC)CCOCOC. The minimum absolute atomic E-state index is 0.219. The van der Waals surface area contributed by atoms with Crippen molar-refractivity contribution < 1.29 is 23.6 Å². The first kappa shape index (κ1) is 17.8. The summed E-state index contributed by atoms with van der Waals surface area (Å²) < 4.78 is 20.1. The molecular formula is C12H27NO5. The van der Waals surface area contributed by atoms with Crippen LogP contribution in [-0.4, -0.2) is 71.2 Å². The lowest BCUT2D eigenvalue weighted by atomic mass is 10.4. The number of quaternary nitrogens is 1. The van der Waals surface area contributed by atoms with Gasteiger partial charge in [0.05, 0.1) is 19.8 Å². The van der Waals surface area contributed by atoms with E-state index in [0.717, 1.165) is 0 Å². The van der Waals surface area contributed by atoms with Crippen LogP contribution in [0, 0.1) is 5.21 Å². The summed E-state index contributed by atoms with van der Waals surface area (Å²) in [6.07, 6.45) is 0. The monoisotopic (exact) mass is 265 g/mol. The van der Waals surface area contributed by atoms with Gasteiger partial charge < -0.3 is 28.8 Å². The molecule has 0 aromatic rings. The molecule has 0 atom stereocenters. The molecule has 0 aromatic carbocycles. The Balaban J connectivity index is 3.95. The van der Waals surface area contributed by atoms with Crippen LogP contribution in [0.3, 0.4) is 0 Å². The van der Waals surface area contributed by atoms with Crippen molar-refractivity contribution in [3.05, 3.63) is 5.21 Å². The summed E-state index contributed by atoms with van der Waals surface area (Å²) in [5.74, 6) is 0. The van der Waals surface area contributed by atoms with Gasteiger partial charge in [0.15, 0.2) is 0 Å². The van der Waals surface area contributed by atoms with Crippen LogP contribution in [0.4, 0.5) is 0 Å². The van der Waals surface area contributed by atoms with Crippen molar-refractivity contribution in [2.45, 2.75) is 13.8 Å². The molecule has 0 bridgehead atoms. The van der Waals surface area contributed by atoms with E-state index in [4.69, 9.17) is 18.9 Å². The van der Waals surface area contributed by atoms with Gasteiger partial charge in [0.25, 0.3) is 0 Å². The highest BCUT2D eigenvalue weighted by Gasteiger charge is 2.16. The molecule has 0 unspecified atom stereocenters. The topological polar surface area (TPSA) is 60.0 Å². The fourth-order valence-electron chi connectivity index (χ4n) is 1.46. The van der Waals surface area contributed by atoms with Gasteiger partial charge in [-0.05, 0) is 13.8 Å². The second-order valence-electron chi connectivity index (χ2n) is 3.94. The Hall–Kier alpha value is -0.240. The number of nitrogens with zero attached hydrogens (tertiary/aromatic N) is 1. The lowest BCUT2D eigenvalue weighted by molar-refractivity contribution is -0.882. The smallest absolute Gasteiger partial charge is 0.146 e. The average Bonchev–Trinajstić information content (AvgIpc) is 2.36. The molecule has 110 valence electrons. The van der Waals surface area contributed by atoms with Crippen molar-refractivity contribution >= 4 is 0 Å². The van der Waals surface area contributed by atoms with Crippen LogP contribution in [0.2, 0.25) is 0 Å². The molecule has 6 nitrogen and oxygen atoms in total. The number of rotatable bonds is 13. The zero-order valence-electron chi connectivity index (χ0n) is 11.9. The molecule has 0 rings (SSSR count). The molecule has 0 amide bonds. The Morgan fingerprint density at radius 3 is 1.67 bits per heavy atom. The largest absolute Gasteiger partial charge is 0.633 e. The van der Waals surface area contributed by atoms with Gasteiger partial charge in [0.2, 0.25) is 0 Å². The fraction of sp³-hybridized carbons (Fsp3) is 1.00. The molecule has 0 saturated heterocycles. The molecule has 18 heavy (non-hydrogen) atoms. The van der Waals surface area contributed by atoms with Gasteiger partial charge in [-0.3, -0.25) is 0 Å². The van der Waals surface area contributed by atoms with Crippen molar-refractivity contribution in [1.82, 2.24) is 0 Å². The maximum absolute atomic E-state index is 12.5. The van der Waals surface area contributed by atoms with Crippen molar-refractivity contribution in [3.63, 3.8) is 0 Å². The van der Waals surface area contributed by atoms with Gasteiger partial charge in [-0.25, -0.2) is 0 Å². The van der Waals surface area contributed by atoms with E-state index in [9.17, 15) is 5.21 Å². The van der Waals surface area contributed by atoms with Crippen LogP contribution < -0.4 is 0 Å². The Labute approximate surface area is 110 Å². The zero-order valence-corrected chi connectivity index (χ0v) is 11.9. The van der Waals surface area contributed by atoms with E-state index in [0.29, 0.717) is 52.7 Å². The van der Waals surface area contributed by atoms with E-state index < -0.39 is 0 Å². The Morgan fingerprint density at radius 1 is 0.833 bits per heavy atom. The first-order valence-corrected chi connectivity index (χ1v) is 6.47. The second-order valence-corrected chi connectivity index (χ2v) is 3.94. The predicted molar refractivity (Wildman–Crippen MR) is 69.0 cm³/mol. The molecule has 0 aliphatic carbocycles. The van der Waals surface area contributed by atoms with Gasteiger partial charge in [-0.15, -0.1) is 0 Å².